The molecule has 2 aliphatic carbocycles. The van der Waals surface area contributed by atoms with Crippen LogP contribution in [-0.2, 0) is 16.1 Å². The maximum absolute atomic E-state index is 13.1. The summed E-state index contributed by atoms with van der Waals surface area (Å²) in [7, 11) is 2.13. The molecule has 3 fully saturated rings. The van der Waals surface area contributed by atoms with Gasteiger partial charge < -0.3 is 9.64 Å². The molecule has 2 spiro atoms. The Morgan fingerprint density at radius 2 is 1.92 bits per heavy atom. The number of nitrogens with zero attached hydrogens (tertiary/aromatic N) is 2. The summed E-state index contributed by atoms with van der Waals surface area (Å²) in [6, 6.07) is 10.7. The molecule has 1 heterocycles. The summed E-state index contributed by atoms with van der Waals surface area (Å²) in [5.74, 6) is 0.219. The van der Waals surface area contributed by atoms with Crippen molar-refractivity contribution in [3.05, 3.63) is 35.9 Å². The lowest BCUT2D eigenvalue weighted by Crippen LogP contribution is -2.62. The summed E-state index contributed by atoms with van der Waals surface area (Å²) >= 11 is 0. The Labute approximate surface area is 151 Å². The van der Waals surface area contributed by atoms with E-state index in [1.807, 2.05) is 6.07 Å². The lowest BCUT2D eigenvalue weighted by molar-refractivity contribution is -0.201. The molecule has 1 saturated heterocycles. The molecule has 1 aromatic rings. The van der Waals surface area contributed by atoms with Gasteiger partial charge in [0.2, 0.25) is 0 Å². The number of amides is 1. The highest BCUT2D eigenvalue weighted by molar-refractivity contribution is 5.91. The van der Waals surface area contributed by atoms with Crippen molar-refractivity contribution in [1.82, 2.24) is 9.80 Å². The number of carbonyl (C=O) groups excluding carboxylic acids is 1. The zero-order chi connectivity index (χ0) is 17.5. The van der Waals surface area contributed by atoms with Crippen LogP contribution in [0.3, 0.4) is 0 Å². The fraction of sp³-hybridized carbons (Fsp3) is 0.667. The third-order valence-electron chi connectivity index (χ3n) is 6.35. The summed E-state index contributed by atoms with van der Waals surface area (Å²) in [6.45, 7) is 4.54. The highest BCUT2D eigenvalue weighted by atomic mass is 16.5. The van der Waals surface area contributed by atoms with Crippen LogP contribution in [0, 0.1) is 0 Å². The Morgan fingerprint density at radius 3 is 2.60 bits per heavy atom. The SMILES string of the molecule is CCN1CC2(CCCCC2)OC2(CC2N(C)Cc2ccccc2)C1=O. The molecule has 1 aromatic carbocycles. The van der Waals surface area contributed by atoms with E-state index in [0.29, 0.717) is 0 Å². The molecular weight excluding hydrogens is 312 g/mol. The smallest absolute Gasteiger partial charge is 0.256 e. The summed E-state index contributed by atoms with van der Waals surface area (Å²) in [5, 5.41) is 0. The largest absolute Gasteiger partial charge is 0.355 e. The average Bonchev–Trinajstić information content (AvgIpc) is 3.35. The molecule has 0 N–H and O–H groups in total. The summed E-state index contributed by atoms with van der Waals surface area (Å²) in [4.78, 5) is 17.5. The molecule has 2 unspecified atom stereocenters. The van der Waals surface area contributed by atoms with Crippen molar-refractivity contribution in [3.63, 3.8) is 0 Å². The fourth-order valence-electron chi connectivity index (χ4n) is 4.92. The molecule has 3 aliphatic rings. The second-order valence-electron chi connectivity index (χ2n) is 8.18. The van der Waals surface area contributed by atoms with Gasteiger partial charge >= 0.3 is 0 Å². The van der Waals surface area contributed by atoms with Crippen molar-refractivity contribution in [1.29, 1.82) is 0 Å². The predicted octanol–water partition coefficient (Wildman–Crippen LogP) is 3.21. The Hall–Kier alpha value is -1.39. The van der Waals surface area contributed by atoms with E-state index in [2.05, 4.69) is 48.0 Å². The highest BCUT2D eigenvalue weighted by Gasteiger charge is 2.69. The van der Waals surface area contributed by atoms with Gasteiger partial charge in [-0.3, -0.25) is 9.69 Å². The van der Waals surface area contributed by atoms with Gasteiger partial charge in [0.05, 0.1) is 11.6 Å². The Kier molecular flexibility index (Phi) is 4.37. The molecule has 0 bridgehead atoms. The van der Waals surface area contributed by atoms with Gasteiger partial charge in [-0.25, -0.2) is 0 Å². The molecule has 1 aliphatic heterocycles. The quantitative estimate of drug-likeness (QED) is 0.842. The van der Waals surface area contributed by atoms with Gasteiger partial charge in [0.25, 0.3) is 5.91 Å². The van der Waals surface area contributed by atoms with Crippen LogP contribution in [0.25, 0.3) is 0 Å². The maximum atomic E-state index is 13.1. The number of likely N-dealkylation sites (N-methyl/N-ethyl adjacent to an activating group) is 2. The maximum Gasteiger partial charge on any atom is 0.256 e. The summed E-state index contributed by atoms with van der Waals surface area (Å²) in [5.41, 5.74) is 0.606. The van der Waals surface area contributed by atoms with Gasteiger partial charge in [-0.05, 0) is 32.4 Å². The van der Waals surface area contributed by atoms with Crippen molar-refractivity contribution in [3.8, 4) is 0 Å². The first-order valence-corrected chi connectivity index (χ1v) is 9.82. The molecule has 4 nitrogen and oxygen atoms in total. The highest BCUT2D eigenvalue weighted by Crippen LogP contribution is 2.53. The summed E-state index contributed by atoms with van der Waals surface area (Å²) < 4.78 is 6.70. The van der Waals surface area contributed by atoms with Crippen molar-refractivity contribution < 1.29 is 9.53 Å². The van der Waals surface area contributed by atoms with Crippen LogP contribution in [0.15, 0.2) is 30.3 Å². The van der Waals surface area contributed by atoms with E-state index in [0.717, 1.165) is 38.9 Å². The van der Waals surface area contributed by atoms with E-state index < -0.39 is 5.60 Å². The number of ether oxygens (including phenoxy) is 1. The zero-order valence-electron chi connectivity index (χ0n) is 15.5. The van der Waals surface area contributed by atoms with Gasteiger partial charge in [-0.1, -0.05) is 49.6 Å². The molecule has 4 heteroatoms. The van der Waals surface area contributed by atoms with Crippen LogP contribution in [-0.4, -0.2) is 53.1 Å². The van der Waals surface area contributed by atoms with Crippen LogP contribution in [0.4, 0.5) is 0 Å². The first-order valence-electron chi connectivity index (χ1n) is 9.82. The third-order valence-corrected chi connectivity index (χ3v) is 6.35. The van der Waals surface area contributed by atoms with E-state index in [-0.39, 0.29) is 17.6 Å². The molecule has 0 radical (unpaired) electrons. The van der Waals surface area contributed by atoms with E-state index in [4.69, 9.17) is 4.74 Å². The molecule has 2 saturated carbocycles. The van der Waals surface area contributed by atoms with Crippen LogP contribution < -0.4 is 0 Å². The van der Waals surface area contributed by atoms with Gasteiger partial charge in [-0.15, -0.1) is 0 Å². The lowest BCUT2D eigenvalue weighted by atomic mass is 9.82. The van der Waals surface area contributed by atoms with E-state index in [1.165, 1.54) is 24.8 Å². The van der Waals surface area contributed by atoms with Crippen LogP contribution in [0.1, 0.15) is 51.0 Å². The molecular formula is C21H30N2O2. The Balaban J connectivity index is 1.52. The lowest BCUT2D eigenvalue weighted by Gasteiger charge is -2.48. The number of rotatable bonds is 4. The Bertz CT molecular complexity index is 626. The zero-order valence-corrected chi connectivity index (χ0v) is 15.5. The number of benzene rings is 1. The van der Waals surface area contributed by atoms with Gasteiger partial charge in [0.15, 0.2) is 5.60 Å². The second-order valence-corrected chi connectivity index (χ2v) is 8.18. The minimum absolute atomic E-state index is 0.0928. The molecule has 136 valence electrons. The standard InChI is InChI=1S/C21H30N2O2/c1-3-23-16-20(12-8-5-9-13-20)25-21(19(23)24)14-18(21)22(2)15-17-10-6-4-7-11-17/h4,6-7,10-11,18H,3,5,8-9,12-16H2,1-2H3. The van der Waals surface area contributed by atoms with Crippen molar-refractivity contribution in [2.75, 3.05) is 20.1 Å². The predicted molar refractivity (Wildman–Crippen MR) is 98.2 cm³/mol. The monoisotopic (exact) mass is 342 g/mol. The van der Waals surface area contributed by atoms with Crippen molar-refractivity contribution in [2.24, 2.45) is 0 Å². The van der Waals surface area contributed by atoms with Crippen LogP contribution >= 0.6 is 0 Å². The molecule has 4 rings (SSSR count). The summed E-state index contributed by atoms with van der Waals surface area (Å²) in [6.07, 6.45) is 6.81. The van der Waals surface area contributed by atoms with Crippen molar-refractivity contribution in [2.45, 2.75) is 69.2 Å². The Morgan fingerprint density at radius 1 is 1.20 bits per heavy atom. The first-order chi connectivity index (χ1) is 12.1. The molecule has 0 aromatic heterocycles. The van der Waals surface area contributed by atoms with Crippen LogP contribution in [0.5, 0.6) is 0 Å². The second kappa shape index (κ2) is 6.40. The average molecular weight is 342 g/mol. The third kappa shape index (κ3) is 3.00. The fourth-order valence-corrected chi connectivity index (χ4v) is 4.92. The van der Waals surface area contributed by atoms with Gasteiger partial charge in [0.1, 0.15) is 0 Å². The van der Waals surface area contributed by atoms with E-state index in [1.54, 1.807) is 0 Å². The molecule has 2 atom stereocenters. The number of hydrogen-bond acceptors (Lipinski definition) is 3. The number of carbonyl (C=O) groups is 1. The number of morpholine rings is 1. The van der Waals surface area contributed by atoms with Crippen LogP contribution in [0.2, 0.25) is 0 Å². The minimum Gasteiger partial charge on any atom is -0.355 e. The van der Waals surface area contributed by atoms with Crippen molar-refractivity contribution >= 4 is 5.91 Å². The first kappa shape index (κ1) is 17.0. The van der Waals surface area contributed by atoms with E-state index >= 15 is 0 Å². The van der Waals surface area contributed by atoms with Gasteiger partial charge in [0, 0.05) is 26.1 Å². The molecule has 1 amide bonds. The minimum atomic E-state index is -0.588. The number of hydrogen-bond donors (Lipinski definition) is 0. The topological polar surface area (TPSA) is 32.8 Å². The normalized spacial score (nSPS) is 31.1. The molecule has 25 heavy (non-hydrogen) atoms. The van der Waals surface area contributed by atoms with Gasteiger partial charge in [-0.2, -0.15) is 0 Å². The van der Waals surface area contributed by atoms with E-state index in [9.17, 15) is 4.79 Å².